The van der Waals surface area contributed by atoms with Crippen LogP contribution in [0.1, 0.15) is 62.4 Å². The van der Waals surface area contributed by atoms with Crippen LogP contribution in [0.4, 0.5) is 0 Å². The van der Waals surface area contributed by atoms with Gasteiger partial charge in [-0.3, -0.25) is 5.32 Å². The van der Waals surface area contributed by atoms with Crippen LogP contribution in [0.3, 0.4) is 0 Å². The van der Waals surface area contributed by atoms with E-state index in [0.717, 1.165) is 28.8 Å². The third-order valence-corrected chi connectivity index (χ3v) is 4.79. The van der Waals surface area contributed by atoms with E-state index in [-0.39, 0.29) is 5.54 Å². The first kappa shape index (κ1) is 15.2. The van der Waals surface area contributed by atoms with Crippen molar-refractivity contribution in [2.75, 3.05) is 0 Å². The number of aryl methyl sites for hydroxylation is 1. The molecule has 1 atom stereocenters. The van der Waals surface area contributed by atoms with Crippen LogP contribution in [-0.2, 0) is 12.1 Å². The number of nitrogens with zero attached hydrogens (tertiary/aromatic N) is 2. The lowest BCUT2D eigenvalue weighted by Gasteiger charge is -2.26. The summed E-state index contributed by atoms with van der Waals surface area (Å²) < 4.78 is 5.74. The average molecular weight is 293 g/mol. The molecule has 0 radical (unpaired) electrons. The van der Waals surface area contributed by atoms with Crippen molar-refractivity contribution in [1.29, 1.82) is 0 Å². The second-order valence-corrected chi connectivity index (χ2v) is 6.50. The van der Waals surface area contributed by atoms with Gasteiger partial charge in [-0.2, -0.15) is 0 Å². The van der Waals surface area contributed by atoms with Crippen LogP contribution in [0.15, 0.2) is 16.0 Å². The summed E-state index contributed by atoms with van der Waals surface area (Å²) in [6.07, 6.45) is 2.79. The molecule has 0 aromatic carbocycles. The molecule has 0 aliphatic rings. The van der Waals surface area contributed by atoms with Crippen molar-refractivity contribution in [3.63, 3.8) is 0 Å². The van der Waals surface area contributed by atoms with Gasteiger partial charge in [0.2, 0.25) is 5.89 Å². The maximum atomic E-state index is 5.74. The summed E-state index contributed by atoms with van der Waals surface area (Å²) in [5.74, 6) is 2.04. The Morgan fingerprint density at radius 3 is 2.70 bits per heavy atom. The molecule has 0 spiro atoms. The van der Waals surface area contributed by atoms with Crippen molar-refractivity contribution in [2.24, 2.45) is 0 Å². The number of aromatic nitrogens is 2. The fraction of sp³-hybridized carbons (Fsp3) is 0.600. The van der Waals surface area contributed by atoms with E-state index in [9.17, 15) is 0 Å². The fourth-order valence-corrected chi connectivity index (χ4v) is 2.91. The highest BCUT2D eigenvalue weighted by atomic mass is 32.1. The summed E-state index contributed by atoms with van der Waals surface area (Å²) in [6, 6.07) is 0. The predicted molar refractivity (Wildman–Crippen MR) is 81.9 cm³/mol. The monoisotopic (exact) mass is 293 g/mol. The van der Waals surface area contributed by atoms with Crippen LogP contribution >= 0.6 is 11.3 Å². The maximum absolute atomic E-state index is 5.74. The lowest BCUT2D eigenvalue weighted by Crippen LogP contribution is -2.38. The first-order valence-corrected chi connectivity index (χ1v) is 7.95. The maximum Gasteiger partial charge on any atom is 0.208 e. The van der Waals surface area contributed by atoms with Gasteiger partial charge < -0.3 is 4.42 Å². The van der Waals surface area contributed by atoms with Gasteiger partial charge in [0.15, 0.2) is 0 Å². The predicted octanol–water partition coefficient (Wildman–Crippen LogP) is 3.98. The Balaban J connectivity index is 2.06. The zero-order valence-corrected chi connectivity index (χ0v) is 13.7. The van der Waals surface area contributed by atoms with Crippen LogP contribution < -0.4 is 5.32 Å². The van der Waals surface area contributed by atoms with Gasteiger partial charge in [-0.1, -0.05) is 20.8 Å². The minimum Gasteiger partial charge on any atom is -0.444 e. The van der Waals surface area contributed by atoms with Gasteiger partial charge in [0, 0.05) is 17.0 Å². The van der Waals surface area contributed by atoms with E-state index in [1.807, 2.05) is 13.1 Å². The summed E-state index contributed by atoms with van der Waals surface area (Å²) in [6.45, 7) is 11.2. The highest BCUT2D eigenvalue weighted by Crippen LogP contribution is 2.28. The third-order valence-electron chi connectivity index (χ3n) is 3.57. The van der Waals surface area contributed by atoms with E-state index < -0.39 is 0 Å². The number of thiazole rings is 1. The second-order valence-electron chi connectivity index (χ2n) is 5.64. The number of oxazole rings is 1. The van der Waals surface area contributed by atoms with Crippen LogP contribution in [0, 0.1) is 6.92 Å². The molecule has 2 heterocycles. The van der Waals surface area contributed by atoms with Gasteiger partial charge in [-0.05, 0) is 20.3 Å². The van der Waals surface area contributed by atoms with Crippen molar-refractivity contribution < 1.29 is 4.42 Å². The standard InChI is InChI=1S/C15H23N3OS/c1-6-15(5,14-18-11(4)9-20-14)17-8-13-16-7-12(19-13)10(2)3/h7,9-10,17H,6,8H2,1-5H3/t15-/m1/s1. The number of nitrogens with one attached hydrogen (secondary N) is 1. The van der Waals surface area contributed by atoms with Crippen molar-refractivity contribution in [1.82, 2.24) is 15.3 Å². The zero-order valence-electron chi connectivity index (χ0n) is 12.9. The first-order chi connectivity index (χ1) is 9.44. The molecule has 0 saturated heterocycles. The summed E-state index contributed by atoms with van der Waals surface area (Å²) in [5, 5.41) is 6.74. The zero-order chi connectivity index (χ0) is 14.8. The van der Waals surface area contributed by atoms with Crippen molar-refractivity contribution in [3.05, 3.63) is 33.9 Å². The minimum absolute atomic E-state index is 0.134. The average Bonchev–Trinajstić information content (AvgIpc) is 3.05. The molecule has 0 amide bonds. The van der Waals surface area contributed by atoms with E-state index in [1.54, 1.807) is 11.3 Å². The van der Waals surface area contributed by atoms with Gasteiger partial charge in [-0.15, -0.1) is 11.3 Å². The number of hydrogen-bond donors (Lipinski definition) is 1. The van der Waals surface area contributed by atoms with Crippen LogP contribution in [0.25, 0.3) is 0 Å². The van der Waals surface area contributed by atoms with Crippen molar-refractivity contribution in [3.8, 4) is 0 Å². The van der Waals surface area contributed by atoms with E-state index in [0.29, 0.717) is 12.5 Å². The molecule has 0 unspecified atom stereocenters. The van der Waals surface area contributed by atoms with E-state index in [4.69, 9.17) is 4.42 Å². The van der Waals surface area contributed by atoms with E-state index >= 15 is 0 Å². The Hall–Kier alpha value is -1.20. The molecule has 0 bridgehead atoms. The van der Waals surface area contributed by atoms with Gasteiger partial charge >= 0.3 is 0 Å². The summed E-state index contributed by atoms with van der Waals surface area (Å²) in [4.78, 5) is 8.93. The highest BCUT2D eigenvalue weighted by Gasteiger charge is 2.27. The van der Waals surface area contributed by atoms with Gasteiger partial charge in [0.05, 0.1) is 18.3 Å². The van der Waals surface area contributed by atoms with E-state index in [1.165, 1.54) is 0 Å². The molecule has 2 aromatic heterocycles. The van der Waals surface area contributed by atoms with Gasteiger partial charge in [0.1, 0.15) is 10.8 Å². The fourth-order valence-electron chi connectivity index (χ4n) is 1.90. The second kappa shape index (κ2) is 6.06. The molecule has 5 heteroatoms. The normalized spacial score (nSPS) is 14.7. The molecular weight excluding hydrogens is 270 g/mol. The molecule has 2 aromatic rings. The van der Waals surface area contributed by atoms with Gasteiger partial charge in [-0.25, -0.2) is 9.97 Å². The molecule has 0 fully saturated rings. The largest absolute Gasteiger partial charge is 0.444 e. The molecule has 110 valence electrons. The molecule has 0 saturated carbocycles. The van der Waals surface area contributed by atoms with Gasteiger partial charge in [0.25, 0.3) is 0 Å². The molecule has 20 heavy (non-hydrogen) atoms. The smallest absolute Gasteiger partial charge is 0.208 e. The Morgan fingerprint density at radius 2 is 2.20 bits per heavy atom. The van der Waals surface area contributed by atoms with Crippen LogP contribution in [-0.4, -0.2) is 9.97 Å². The topological polar surface area (TPSA) is 51.0 Å². The Morgan fingerprint density at radius 1 is 1.45 bits per heavy atom. The first-order valence-electron chi connectivity index (χ1n) is 7.07. The SMILES string of the molecule is CC[C@@](C)(NCc1ncc(C(C)C)o1)c1nc(C)cs1. The Kier molecular flexibility index (Phi) is 4.60. The lowest BCUT2D eigenvalue weighted by molar-refractivity contribution is 0.320. The van der Waals surface area contributed by atoms with E-state index in [2.05, 4.69) is 48.4 Å². The molecule has 0 aliphatic carbocycles. The molecular formula is C15H23N3OS. The molecule has 4 nitrogen and oxygen atoms in total. The Labute approximate surface area is 124 Å². The molecule has 1 N–H and O–H groups in total. The highest BCUT2D eigenvalue weighted by molar-refractivity contribution is 7.09. The minimum atomic E-state index is -0.134. The quantitative estimate of drug-likeness (QED) is 0.875. The lowest BCUT2D eigenvalue weighted by atomic mass is 10.00. The summed E-state index contributed by atoms with van der Waals surface area (Å²) in [5.41, 5.74) is 0.940. The van der Waals surface area contributed by atoms with Crippen molar-refractivity contribution >= 4 is 11.3 Å². The molecule has 2 rings (SSSR count). The third kappa shape index (κ3) is 3.27. The summed E-state index contributed by atoms with van der Waals surface area (Å²) >= 11 is 1.70. The van der Waals surface area contributed by atoms with Crippen molar-refractivity contribution in [2.45, 2.75) is 59.0 Å². The number of hydrogen-bond acceptors (Lipinski definition) is 5. The Bertz CT molecular complexity index is 561. The van der Waals surface area contributed by atoms with Crippen LogP contribution in [0.5, 0.6) is 0 Å². The number of rotatable bonds is 6. The summed E-state index contributed by atoms with van der Waals surface area (Å²) in [7, 11) is 0. The van der Waals surface area contributed by atoms with Crippen LogP contribution in [0.2, 0.25) is 0 Å². The molecule has 0 aliphatic heterocycles.